The van der Waals surface area contributed by atoms with Crippen LogP contribution >= 0.6 is 0 Å². The molecule has 1 aromatic rings. The summed E-state index contributed by atoms with van der Waals surface area (Å²) in [5.41, 5.74) is 0.880. The number of rotatable bonds is 5. The highest BCUT2D eigenvalue weighted by molar-refractivity contribution is 7.89. The summed E-state index contributed by atoms with van der Waals surface area (Å²) in [4.78, 5) is 0.134. The summed E-state index contributed by atoms with van der Waals surface area (Å²) in [6.45, 7) is 7.63. The zero-order valence-corrected chi connectivity index (χ0v) is 10.9. The molecular formula is C12H18N2O2S. The van der Waals surface area contributed by atoms with Crippen molar-refractivity contribution in [3.63, 3.8) is 0 Å². The quantitative estimate of drug-likeness (QED) is 0.783. The van der Waals surface area contributed by atoms with Crippen LogP contribution in [0.25, 0.3) is 0 Å². The standard InChI is InChI=1S/C12H18N2O2S/c1-4-9(2)14-10(3)11-6-5-7-12(8-11)17(13,15)16/h4-10,14H,1H2,2-3H3,(H2,13,15,16). The molecule has 0 fully saturated rings. The number of hydrogen-bond donors (Lipinski definition) is 2. The Balaban J connectivity index is 2.96. The third kappa shape index (κ3) is 3.96. The normalized spacial score (nSPS) is 15.2. The number of nitrogens with two attached hydrogens (primary N) is 1. The van der Waals surface area contributed by atoms with Crippen LogP contribution in [0.5, 0.6) is 0 Å². The lowest BCUT2D eigenvalue weighted by molar-refractivity contribution is 0.536. The van der Waals surface area contributed by atoms with Gasteiger partial charge in [-0.3, -0.25) is 0 Å². The van der Waals surface area contributed by atoms with E-state index < -0.39 is 10.0 Å². The van der Waals surface area contributed by atoms with Crippen molar-refractivity contribution < 1.29 is 8.42 Å². The zero-order chi connectivity index (χ0) is 13.1. The Labute approximate surface area is 103 Å². The van der Waals surface area contributed by atoms with Crippen molar-refractivity contribution in [2.75, 3.05) is 0 Å². The van der Waals surface area contributed by atoms with E-state index in [4.69, 9.17) is 5.14 Å². The van der Waals surface area contributed by atoms with Crippen molar-refractivity contribution in [2.45, 2.75) is 30.8 Å². The van der Waals surface area contributed by atoms with Crippen molar-refractivity contribution in [1.82, 2.24) is 5.32 Å². The largest absolute Gasteiger partial charge is 0.304 e. The lowest BCUT2D eigenvalue weighted by Gasteiger charge is -2.18. The molecule has 3 N–H and O–H groups in total. The molecule has 0 amide bonds. The fourth-order valence-corrected chi connectivity index (χ4v) is 2.09. The van der Waals surface area contributed by atoms with Gasteiger partial charge in [0.2, 0.25) is 10.0 Å². The fourth-order valence-electron chi connectivity index (χ4n) is 1.52. The number of hydrogen-bond acceptors (Lipinski definition) is 3. The summed E-state index contributed by atoms with van der Waals surface area (Å²) >= 11 is 0. The molecule has 17 heavy (non-hydrogen) atoms. The summed E-state index contributed by atoms with van der Waals surface area (Å²) < 4.78 is 22.5. The summed E-state index contributed by atoms with van der Waals surface area (Å²) in [6, 6.07) is 6.81. The molecule has 0 saturated carbocycles. The molecule has 0 heterocycles. The molecule has 0 saturated heterocycles. The average Bonchev–Trinajstić information content (AvgIpc) is 2.28. The fraction of sp³-hybridized carbons (Fsp3) is 0.333. The second kappa shape index (κ2) is 5.44. The van der Waals surface area contributed by atoms with Crippen molar-refractivity contribution in [3.05, 3.63) is 42.5 Å². The van der Waals surface area contributed by atoms with Crippen LogP contribution in [0.2, 0.25) is 0 Å². The maximum Gasteiger partial charge on any atom is 0.238 e. The Morgan fingerprint density at radius 2 is 2.06 bits per heavy atom. The van der Waals surface area contributed by atoms with Gasteiger partial charge < -0.3 is 5.32 Å². The summed E-state index contributed by atoms with van der Waals surface area (Å²) in [6.07, 6.45) is 1.79. The molecule has 0 spiro atoms. The Kier molecular flexibility index (Phi) is 4.45. The Morgan fingerprint density at radius 1 is 1.41 bits per heavy atom. The van der Waals surface area contributed by atoms with E-state index >= 15 is 0 Å². The molecule has 0 bridgehead atoms. The van der Waals surface area contributed by atoms with Crippen LogP contribution in [0, 0.1) is 0 Å². The van der Waals surface area contributed by atoms with Crippen LogP contribution in [0.3, 0.4) is 0 Å². The summed E-state index contributed by atoms with van der Waals surface area (Å²) in [5, 5.41) is 8.36. The Hall–Kier alpha value is -1.17. The molecule has 5 heteroatoms. The van der Waals surface area contributed by atoms with Gasteiger partial charge in [-0.1, -0.05) is 18.2 Å². The first-order valence-electron chi connectivity index (χ1n) is 5.36. The van der Waals surface area contributed by atoms with E-state index in [1.807, 2.05) is 19.9 Å². The van der Waals surface area contributed by atoms with E-state index in [0.717, 1.165) is 5.56 Å². The van der Waals surface area contributed by atoms with Crippen molar-refractivity contribution in [3.8, 4) is 0 Å². The highest BCUT2D eigenvalue weighted by Crippen LogP contribution is 2.17. The van der Waals surface area contributed by atoms with Crippen LogP contribution in [0.4, 0.5) is 0 Å². The van der Waals surface area contributed by atoms with Gasteiger partial charge in [-0.25, -0.2) is 13.6 Å². The second-order valence-corrected chi connectivity index (χ2v) is 5.59. The number of nitrogens with one attached hydrogen (secondary N) is 1. The smallest absolute Gasteiger partial charge is 0.238 e. The minimum atomic E-state index is -3.64. The zero-order valence-electron chi connectivity index (χ0n) is 10.1. The topological polar surface area (TPSA) is 72.2 Å². The van der Waals surface area contributed by atoms with Crippen LogP contribution in [0.15, 0.2) is 41.8 Å². The van der Waals surface area contributed by atoms with Gasteiger partial charge in [0.15, 0.2) is 0 Å². The molecular weight excluding hydrogens is 236 g/mol. The van der Waals surface area contributed by atoms with Gasteiger partial charge in [0.05, 0.1) is 4.90 Å². The SMILES string of the molecule is C=CC(C)NC(C)c1cccc(S(N)(=O)=O)c1. The molecule has 0 aliphatic carbocycles. The average molecular weight is 254 g/mol. The van der Waals surface area contributed by atoms with Gasteiger partial charge in [-0.05, 0) is 31.5 Å². The van der Waals surface area contributed by atoms with E-state index in [9.17, 15) is 8.42 Å². The Bertz CT molecular complexity index is 497. The molecule has 4 nitrogen and oxygen atoms in total. The van der Waals surface area contributed by atoms with Crippen LogP contribution in [-0.4, -0.2) is 14.5 Å². The van der Waals surface area contributed by atoms with E-state index in [1.165, 1.54) is 6.07 Å². The molecule has 0 radical (unpaired) electrons. The van der Waals surface area contributed by atoms with Crippen molar-refractivity contribution >= 4 is 10.0 Å². The van der Waals surface area contributed by atoms with E-state index in [1.54, 1.807) is 18.2 Å². The van der Waals surface area contributed by atoms with Crippen LogP contribution < -0.4 is 10.5 Å². The second-order valence-electron chi connectivity index (χ2n) is 4.03. The number of primary sulfonamides is 1. The summed E-state index contributed by atoms with van der Waals surface area (Å²) in [5.74, 6) is 0. The lowest BCUT2D eigenvalue weighted by atomic mass is 10.1. The molecule has 94 valence electrons. The predicted octanol–water partition coefficient (Wildman–Crippen LogP) is 1.56. The Morgan fingerprint density at radius 3 is 2.59 bits per heavy atom. The molecule has 1 aromatic carbocycles. The molecule has 2 unspecified atom stereocenters. The predicted molar refractivity (Wildman–Crippen MR) is 69.0 cm³/mol. The van der Waals surface area contributed by atoms with Gasteiger partial charge >= 0.3 is 0 Å². The van der Waals surface area contributed by atoms with Gasteiger partial charge in [-0.15, -0.1) is 6.58 Å². The van der Waals surface area contributed by atoms with Crippen molar-refractivity contribution in [2.24, 2.45) is 5.14 Å². The first-order chi connectivity index (χ1) is 7.84. The highest BCUT2D eigenvalue weighted by atomic mass is 32.2. The molecule has 0 aromatic heterocycles. The van der Waals surface area contributed by atoms with Gasteiger partial charge in [0.1, 0.15) is 0 Å². The van der Waals surface area contributed by atoms with Gasteiger partial charge in [-0.2, -0.15) is 0 Å². The minimum Gasteiger partial charge on any atom is -0.304 e. The van der Waals surface area contributed by atoms with Crippen LogP contribution in [-0.2, 0) is 10.0 Å². The molecule has 2 atom stereocenters. The first-order valence-corrected chi connectivity index (χ1v) is 6.90. The lowest BCUT2D eigenvalue weighted by Crippen LogP contribution is -2.27. The van der Waals surface area contributed by atoms with E-state index in [-0.39, 0.29) is 17.0 Å². The van der Waals surface area contributed by atoms with E-state index in [0.29, 0.717) is 0 Å². The highest BCUT2D eigenvalue weighted by Gasteiger charge is 2.12. The maximum atomic E-state index is 11.2. The van der Waals surface area contributed by atoms with Crippen LogP contribution in [0.1, 0.15) is 25.5 Å². The molecule has 0 aliphatic heterocycles. The monoisotopic (exact) mass is 254 g/mol. The molecule has 0 aliphatic rings. The summed E-state index contributed by atoms with van der Waals surface area (Å²) in [7, 11) is -3.64. The molecule has 1 rings (SSSR count). The third-order valence-corrected chi connectivity index (χ3v) is 3.46. The number of sulfonamides is 1. The maximum absolute atomic E-state index is 11.2. The minimum absolute atomic E-state index is 0.0321. The number of benzene rings is 1. The third-order valence-electron chi connectivity index (χ3n) is 2.55. The van der Waals surface area contributed by atoms with Gasteiger partial charge in [0, 0.05) is 12.1 Å². The van der Waals surface area contributed by atoms with Gasteiger partial charge in [0.25, 0.3) is 0 Å². The first kappa shape index (κ1) is 13.9. The van der Waals surface area contributed by atoms with Crippen molar-refractivity contribution in [1.29, 1.82) is 0 Å². The van der Waals surface area contributed by atoms with E-state index in [2.05, 4.69) is 11.9 Å².